The van der Waals surface area contributed by atoms with Gasteiger partial charge in [-0.05, 0) is 48.2 Å². The molecule has 1 aromatic heterocycles. The van der Waals surface area contributed by atoms with Gasteiger partial charge in [-0.1, -0.05) is 55.0 Å². The fraction of sp³-hybridized carbons (Fsp3) is 0.345. The lowest BCUT2D eigenvalue weighted by atomic mass is 9.99. The van der Waals surface area contributed by atoms with Gasteiger partial charge in [0.05, 0.1) is 11.4 Å². The molecule has 0 bridgehead atoms. The summed E-state index contributed by atoms with van der Waals surface area (Å²) < 4.78 is 5.85. The Balaban J connectivity index is 1.39. The molecular formula is C29H32N4O4S. The van der Waals surface area contributed by atoms with Gasteiger partial charge in [-0.2, -0.15) is 0 Å². The molecule has 3 heterocycles. The van der Waals surface area contributed by atoms with E-state index in [4.69, 9.17) is 4.74 Å². The van der Waals surface area contributed by atoms with Crippen molar-refractivity contribution in [2.24, 2.45) is 0 Å². The zero-order valence-corrected chi connectivity index (χ0v) is 22.4. The predicted octanol–water partition coefficient (Wildman–Crippen LogP) is 4.54. The summed E-state index contributed by atoms with van der Waals surface area (Å²) in [6.07, 6.45) is -1.25. The van der Waals surface area contributed by atoms with Crippen LogP contribution in [0.4, 0.5) is 10.5 Å². The van der Waals surface area contributed by atoms with E-state index < -0.39 is 18.2 Å². The van der Waals surface area contributed by atoms with E-state index in [0.29, 0.717) is 29.2 Å². The number of ether oxygens (including phenoxy) is 1. The van der Waals surface area contributed by atoms with Crippen molar-refractivity contribution in [2.75, 3.05) is 38.0 Å². The Morgan fingerprint density at radius 1 is 1.03 bits per heavy atom. The molecule has 5 rings (SSSR count). The van der Waals surface area contributed by atoms with Crippen molar-refractivity contribution in [3.63, 3.8) is 0 Å². The molecule has 2 aliphatic heterocycles. The molecule has 2 fully saturated rings. The number of likely N-dealkylation sites (N-methyl/N-ethyl adjacent to an activating group) is 1. The van der Waals surface area contributed by atoms with Crippen LogP contribution in [-0.2, 0) is 16.1 Å². The van der Waals surface area contributed by atoms with Crippen LogP contribution < -0.4 is 5.32 Å². The summed E-state index contributed by atoms with van der Waals surface area (Å²) in [6, 6.07) is 17.9. The summed E-state index contributed by atoms with van der Waals surface area (Å²) in [4.78, 5) is 45.8. The van der Waals surface area contributed by atoms with Crippen molar-refractivity contribution in [1.82, 2.24) is 14.7 Å². The van der Waals surface area contributed by atoms with Crippen LogP contribution in [0.5, 0.6) is 0 Å². The first-order valence-electron chi connectivity index (χ1n) is 12.9. The van der Waals surface area contributed by atoms with E-state index in [0.717, 1.165) is 30.8 Å². The smallest absolute Gasteiger partial charge is 0.411 e. The Kier molecular flexibility index (Phi) is 7.76. The van der Waals surface area contributed by atoms with Crippen molar-refractivity contribution in [2.45, 2.75) is 32.5 Å². The standard InChI is InChI=1S/C29H32N4O4S/c1-3-31-13-15-32(16-14-31)28(35)25-26(37-29(36)33(25)19-21-7-4-6-20(2)18-21)22-9-11-23(12-10-22)30-27(34)24-8-5-17-38-24/h4-12,17-18,25-26H,3,13-16,19H2,1-2H3,(H,30,34)/t25-,26+/m0/s1. The van der Waals surface area contributed by atoms with Crippen molar-refractivity contribution < 1.29 is 19.1 Å². The maximum Gasteiger partial charge on any atom is 0.411 e. The number of hydrogen-bond acceptors (Lipinski definition) is 6. The highest BCUT2D eigenvalue weighted by Crippen LogP contribution is 2.36. The number of piperazine rings is 1. The molecule has 3 amide bonds. The summed E-state index contributed by atoms with van der Waals surface area (Å²) in [6.45, 7) is 8.22. The van der Waals surface area contributed by atoms with Crippen molar-refractivity contribution >= 4 is 34.9 Å². The quantitative estimate of drug-likeness (QED) is 0.483. The van der Waals surface area contributed by atoms with Crippen LogP contribution in [0.15, 0.2) is 66.0 Å². The summed E-state index contributed by atoms with van der Waals surface area (Å²) in [7, 11) is 0. The number of cyclic esters (lactones) is 1. The van der Waals surface area contributed by atoms with Gasteiger partial charge in [-0.3, -0.25) is 14.5 Å². The molecule has 2 aromatic carbocycles. The van der Waals surface area contributed by atoms with Gasteiger partial charge in [0, 0.05) is 31.9 Å². The van der Waals surface area contributed by atoms with Gasteiger partial charge < -0.3 is 19.9 Å². The summed E-state index contributed by atoms with van der Waals surface area (Å²) in [5.41, 5.74) is 3.38. The number of nitrogens with one attached hydrogen (secondary N) is 1. The van der Waals surface area contributed by atoms with Crippen LogP contribution in [0.3, 0.4) is 0 Å². The molecule has 2 saturated heterocycles. The molecule has 8 nitrogen and oxygen atoms in total. The molecule has 0 aliphatic carbocycles. The first-order valence-corrected chi connectivity index (χ1v) is 13.8. The molecule has 9 heteroatoms. The van der Waals surface area contributed by atoms with Gasteiger partial charge in [-0.25, -0.2) is 4.79 Å². The van der Waals surface area contributed by atoms with Crippen LogP contribution in [-0.4, -0.2) is 71.4 Å². The van der Waals surface area contributed by atoms with E-state index in [1.54, 1.807) is 23.1 Å². The lowest BCUT2D eigenvalue weighted by Crippen LogP contribution is -2.54. The highest BCUT2D eigenvalue weighted by Gasteiger charge is 2.48. The van der Waals surface area contributed by atoms with E-state index in [-0.39, 0.29) is 18.4 Å². The van der Waals surface area contributed by atoms with Crippen molar-refractivity contribution in [3.8, 4) is 0 Å². The number of carbonyl (C=O) groups excluding carboxylic acids is 3. The zero-order chi connectivity index (χ0) is 26.6. The average Bonchev–Trinajstić information content (AvgIpc) is 3.58. The molecule has 38 heavy (non-hydrogen) atoms. The van der Waals surface area contributed by atoms with E-state index in [1.807, 2.05) is 59.7 Å². The minimum absolute atomic E-state index is 0.0978. The molecular weight excluding hydrogens is 500 g/mol. The van der Waals surface area contributed by atoms with Gasteiger partial charge in [0.15, 0.2) is 12.1 Å². The van der Waals surface area contributed by atoms with Crippen molar-refractivity contribution in [1.29, 1.82) is 0 Å². The van der Waals surface area contributed by atoms with E-state index in [9.17, 15) is 14.4 Å². The van der Waals surface area contributed by atoms with E-state index in [1.165, 1.54) is 11.3 Å². The molecule has 0 unspecified atom stereocenters. The number of thiophene rings is 1. The largest absolute Gasteiger partial charge is 0.438 e. The number of amides is 3. The number of anilines is 1. The first-order chi connectivity index (χ1) is 18.4. The topological polar surface area (TPSA) is 82.2 Å². The minimum atomic E-state index is -0.775. The molecule has 0 saturated carbocycles. The van der Waals surface area contributed by atoms with E-state index >= 15 is 0 Å². The normalized spacial score (nSPS) is 19.9. The van der Waals surface area contributed by atoms with Crippen LogP contribution in [0.25, 0.3) is 0 Å². The van der Waals surface area contributed by atoms with Gasteiger partial charge >= 0.3 is 6.09 Å². The predicted molar refractivity (Wildman–Crippen MR) is 147 cm³/mol. The third kappa shape index (κ3) is 5.58. The highest BCUT2D eigenvalue weighted by molar-refractivity contribution is 7.12. The molecule has 2 atom stereocenters. The monoisotopic (exact) mass is 532 g/mol. The zero-order valence-electron chi connectivity index (χ0n) is 21.6. The van der Waals surface area contributed by atoms with E-state index in [2.05, 4.69) is 17.1 Å². The molecule has 0 radical (unpaired) electrons. The fourth-order valence-corrected chi connectivity index (χ4v) is 5.65. The Morgan fingerprint density at radius 3 is 2.45 bits per heavy atom. The van der Waals surface area contributed by atoms with Crippen LogP contribution in [0.1, 0.15) is 39.4 Å². The van der Waals surface area contributed by atoms with Gasteiger partial charge in [0.2, 0.25) is 5.91 Å². The second-order valence-corrected chi connectivity index (χ2v) is 10.6. The number of hydrogen-bond donors (Lipinski definition) is 1. The molecule has 198 valence electrons. The average molecular weight is 533 g/mol. The van der Waals surface area contributed by atoms with Crippen molar-refractivity contribution in [3.05, 3.63) is 87.6 Å². The number of aryl methyl sites for hydroxylation is 1. The SMILES string of the molecule is CCN1CCN(C(=O)[C@@H]2[C@@H](c3ccc(NC(=O)c4cccs4)cc3)OC(=O)N2Cc2cccc(C)c2)CC1. The summed E-state index contributed by atoms with van der Waals surface area (Å²) >= 11 is 1.37. The number of carbonyl (C=O) groups is 3. The second-order valence-electron chi connectivity index (χ2n) is 9.68. The maximum atomic E-state index is 13.9. The molecule has 0 spiro atoms. The molecule has 1 N–H and O–H groups in total. The third-order valence-corrected chi connectivity index (χ3v) is 8.02. The number of rotatable bonds is 7. The van der Waals surface area contributed by atoms with Gasteiger partial charge in [0.1, 0.15) is 0 Å². The molecule has 3 aromatic rings. The lowest BCUT2D eigenvalue weighted by molar-refractivity contribution is -0.138. The Bertz CT molecular complexity index is 1290. The summed E-state index contributed by atoms with van der Waals surface area (Å²) in [5.74, 6) is -0.275. The second kappa shape index (κ2) is 11.4. The third-order valence-electron chi connectivity index (χ3n) is 7.15. The van der Waals surface area contributed by atoms with Crippen LogP contribution >= 0.6 is 11.3 Å². The first kappa shape index (κ1) is 25.9. The molecule has 2 aliphatic rings. The van der Waals surface area contributed by atoms with Crippen LogP contribution in [0.2, 0.25) is 0 Å². The Morgan fingerprint density at radius 2 is 1.79 bits per heavy atom. The Labute approximate surface area is 226 Å². The Hall–Kier alpha value is -3.69. The number of nitrogens with zero attached hydrogens (tertiary/aromatic N) is 3. The highest BCUT2D eigenvalue weighted by atomic mass is 32.1. The summed E-state index contributed by atoms with van der Waals surface area (Å²) in [5, 5.41) is 4.74. The minimum Gasteiger partial charge on any atom is -0.438 e. The van der Waals surface area contributed by atoms with Gasteiger partial charge in [0.25, 0.3) is 5.91 Å². The maximum absolute atomic E-state index is 13.9. The lowest BCUT2D eigenvalue weighted by Gasteiger charge is -2.37. The number of benzene rings is 2. The van der Waals surface area contributed by atoms with Gasteiger partial charge in [-0.15, -0.1) is 11.3 Å². The fourth-order valence-electron chi connectivity index (χ4n) is 5.03. The van der Waals surface area contributed by atoms with Crippen LogP contribution in [0, 0.1) is 6.92 Å².